The van der Waals surface area contributed by atoms with Gasteiger partial charge >= 0.3 is 0 Å². The van der Waals surface area contributed by atoms with Gasteiger partial charge in [-0.15, -0.1) is 0 Å². The maximum atomic E-state index is 13.2. The molecule has 4 rings (SSSR count). The van der Waals surface area contributed by atoms with Gasteiger partial charge in [0.2, 0.25) is 5.91 Å². The zero-order chi connectivity index (χ0) is 18.0. The number of fused-ring (bicyclic) bond motifs is 1. The third-order valence-corrected chi connectivity index (χ3v) is 5.71. The lowest BCUT2D eigenvalue weighted by molar-refractivity contribution is -0.113. The summed E-state index contributed by atoms with van der Waals surface area (Å²) >= 11 is 1.44. The van der Waals surface area contributed by atoms with Crippen LogP contribution in [0.5, 0.6) is 0 Å². The highest BCUT2D eigenvalue weighted by atomic mass is 32.2. The van der Waals surface area contributed by atoms with Gasteiger partial charge in [-0.25, -0.2) is 9.38 Å². The second-order valence-corrected chi connectivity index (χ2v) is 7.64. The van der Waals surface area contributed by atoms with Crippen LogP contribution in [0.2, 0.25) is 0 Å². The standard InChI is InChI=1S/C20H20FN3OS/c21-14-6-5-7-15(12-14)22-18(25)13-26-19-16-8-1-2-9-17(16)23-20(24-19)10-3-4-11-20/h1-2,5-9,12,23H,3-4,10-11,13H2,(H,22,25). The van der Waals surface area contributed by atoms with Gasteiger partial charge in [0.05, 0.1) is 5.75 Å². The van der Waals surface area contributed by atoms with E-state index in [2.05, 4.69) is 16.7 Å². The van der Waals surface area contributed by atoms with Gasteiger partial charge in [0.1, 0.15) is 16.5 Å². The van der Waals surface area contributed by atoms with Crippen molar-refractivity contribution >= 4 is 34.1 Å². The van der Waals surface area contributed by atoms with Crippen LogP contribution in [0, 0.1) is 5.82 Å². The van der Waals surface area contributed by atoms with Crippen molar-refractivity contribution in [3.05, 3.63) is 59.9 Å². The molecular formula is C20H20FN3OS. The minimum absolute atomic E-state index is 0.167. The molecule has 2 aliphatic rings. The third kappa shape index (κ3) is 3.60. The molecule has 0 bridgehead atoms. The second-order valence-electron chi connectivity index (χ2n) is 6.67. The number of rotatable bonds is 3. The first-order chi connectivity index (χ1) is 12.6. The van der Waals surface area contributed by atoms with Gasteiger partial charge in [-0.3, -0.25) is 4.79 Å². The first-order valence-corrected chi connectivity index (χ1v) is 9.78. The van der Waals surface area contributed by atoms with Crippen molar-refractivity contribution in [2.45, 2.75) is 31.3 Å². The highest BCUT2D eigenvalue weighted by Crippen LogP contribution is 2.40. The maximum absolute atomic E-state index is 13.2. The van der Waals surface area contributed by atoms with Gasteiger partial charge in [-0.1, -0.05) is 36.0 Å². The van der Waals surface area contributed by atoms with Crippen LogP contribution >= 0.6 is 11.8 Å². The molecule has 1 heterocycles. The minimum Gasteiger partial charge on any atom is -0.361 e. The Kier molecular flexibility index (Phi) is 4.68. The van der Waals surface area contributed by atoms with Gasteiger partial charge in [-0.05, 0) is 49.9 Å². The zero-order valence-corrected chi connectivity index (χ0v) is 15.1. The number of benzene rings is 2. The van der Waals surface area contributed by atoms with E-state index in [1.54, 1.807) is 12.1 Å². The van der Waals surface area contributed by atoms with Crippen molar-refractivity contribution in [1.82, 2.24) is 0 Å². The van der Waals surface area contributed by atoms with E-state index in [0.29, 0.717) is 5.69 Å². The van der Waals surface area contributed by atoms with Crippen molar-refractivity contribution in [1.29, 1.82) is 0 Å². The third-order valence-electron chi connectivity index (χ3n) is 4.72. The summed E-state index contributed by atoms with van der Waals surface area (Å²) < 4.78 is 13.2. The van der Waals surface area contributed by atoms with Crippen LogP contribution in [0.1, 0.15) is 31.2 Å². The fraction of sp³-hybridized carbons (Fsp3) is 0.300. The van der Waals surface area contributed by atoms with Crippen molar-refractivity contribution < 1.29 is 9.18 Å². The summed E-state index contributed by atoms with van der Waals surface area (Å²) in [6.45, 7) is 0. The van der Waals surface area contributed by atoms with E-state index in [-0.39, 0.29) is 23.1 Å². The largest absolute Gasteiger partial charge is 0.361 e. The lowest BCUT2D eigenvalue weighted by atomic mass is 10.0. The molecule has 0 aromatic heterocycles. The van der Waals surface area contributed by atoms with Crippen molar-refractivity contribution in [2.75, 3.05) is 16.4 Å². The summed E-state index contributed by atoms with van der Waals surface area (Å²) in [4.78, 5) is 17.2. The quantitative estimate of drug-likeness (QED) is 0.829. The van der Waals surface area contributed by atoms with Crippen LogP contribution in [0.25, 0.3) is 0 Å². The molecule has 1 aliphatic carbocycles. The fourth-order valence-corrected chi connectivity index (χ4v) is 4.43. The molecule has 2 aromatic carbocycles. The normalized spacial score (nSPS) is 17.3. The fourth-order valence-electron chi connectivity index (χ4n) is 3.52. The van der Waals surface area contributed by atoms with Crippen LogP contribution in [0.3, 0.4) is 0 Å². The number of carbonyl (C=O) groups excluding carboxylic acids is 1. The summed E-state index contributed by atoms with van der Waals surface area (Å²) in [6, 6.07) is 14.0. The predicted molar refractivity (Wildman–Crippen MR) is 105 cm³/mol. The number of nitrogens with one attached hydrogen (secondary N) is 2. The molecular weight excluding hydrogens is 349 g/mol. The molecule has 4 nitrogen and oxygen atoms in total. The smallest absolute Gasteiger partial charge is 0.234 e. The van der Waals surface area contributed by atoms with E-state index >= 15 is 0 Å². The Morgan fingerprint density at radius 3 is 2.81 bits per heavy atom. The Morgan fingerprint density at radius 2 is 2.00 bits per heavy atom. The number of hydrogen-bond acceptors (Lipinski definition) is 4. The summed E-state index contributed by atoms with van der Waals surface area (Å²) in [6.07, 6.45) is 4.36. The Hall–Kier alpha value is -2.34. The molecule has 0 radical (unpaired) electrons. The number of amides is 1. The van der Waals surface area contributed by atoms with Crippen LogP contribution in [-0.2, 0) is 4.79 Å². The number of para-hydroxylation sites is 1. The molecule has 1 spiro atoms. The number of aliphatic imine (C=N–C) groups is 1. The van der Waals surface area contributed by atoms with Crippen LogP contribution in [0.4, 0.5) is 15.8 Å². The van der Waals surface area contributed by atoms with Gasteiger partial charge in [-0.2, -0.15) is 0 Å². The monoisotopic (exact) mass is 369 g/mol. The minimum atomic E-state index is -0.365. The van der Waals surface area contributed by atoms with Gasteiger partial charge < -0.3 is 10.6 Å². The highest BCUT2D eigenvalue weighted by Gasteiger charge is 2.37. The Balaban J connectivity index is 1.49. The SMILES string of the molecule is O=C(CSC1=NC2(CCCC2)Nc2ccccc21)Nc1cccc(F)c1. The molecule has 0 unspecified atom stereocenters. The Morgan fingerprint density at radius 1 is 1.19 bits per heavy atom. The molecule has 1 aliphatic heterocycles. The molecule has 0 saturated heterocycles. The molecule has 26 heavy (non-hydrogen) atoms. The lowest BCUT2D eigenvalue weighted by Crippen LogP contribution is -2.37. The topological polar surface area (TPSA) is 53.5 Å². The summed E-state index contributed by atoms with van der Waals surface area (Å²) in [5.41, 5.74) is 2.36. The van der Waals surface area contributed by atoms with Crippen LogP contribution < -0.4 is 10.6 Å². The second kappa shape index (κ2) is 7.11. The number of carbonyl (C=O) groups is 1. The number of nitrogens with zero attached hydrogens (tertiary/aromatic N) is 1. The number of halogens is 1. The van der Waals surface area contributed by atoms with E-state index in [1.807, 2.05) is 18.2 Å². The van der Waals surface area contributed by atoms with Gasteiger partial charge in [0, 0.05) is 16.9 Å². The molecule has 1 fully saturated rings. The number of thioether (sulfide) groups is 1. The van der Waals surface area contributed by atoms with Crippen molar-refractivity contribution in [2.24, 2.45) is 4.99 Å². The molecule has 1 saturated carbocycles. The first kappa shape index (κ1) is 17.1. The summed E-state index contributed by atoms with van der Waals surface area (Å²) in [7, 11) is 0. The van der Waals surface area contributed by atoms with E-state index in [9.17, 15) is 9.18 Å². The maximum Gasteiger partial charge on any atom is 0.234 e. The lowest BCUT2D eigenvalue weighted by Gasteiger charge is -2.33. The molecule has 1 amide bonds. The van der Waals surface area contributed by atoms with Crippen LogP contribution in [-0.4, -0.2) is 22.4 Å². The van der Waals surface area contributed by atoms with Gasteiger partial charge in [0.15, 0.2) is 0 Å². The van der Waals surface area contributed by atoms with E-state index in [0.717, 1.165) is 42.0 Å². The van der Waals surface area contributed by atoms with E-state index in [4.69, 9.17) is 4.99 Å². The van der Waals surface area contributed by atoms with E-state index < -0.39 is 0 Å². The average Bonchev–Trinajstić information content (AvgIpc) is 3.07. The van der Waals surface area contributed by atoms with Crippen molar-refractivity contribution in [3.8, 4) is 0 Å². The Labute approximate surface area is 156 Å². The summed E-state index contributed by atoms with van der Waals surface area (Å²) in [5.74, 6) is -0.296. The Bertz CT molecular complexity index is 862. The number of hydrogen-bond donors (Lipinski definition) is 2. The first-order valence-electron chi connectivity index (χ1n) is 8.79. The van der Waals surface area contributed by atoms with Crippen molar-refractivity contribution in [3.63, 3.8) is 0 Å². The highest BCUT2D eigenvalue weighted by molar-refractivity contribution is 8.15. The summed E-state index contributed by atoms with van der Waals surface area (Å²) in [5, 5.41) is 7.23. The van der Waals surface area contributed by atoms with Gasteiger partial charge in [0.25, 0.3) is 0 Å². The average molecular weight is 369 g/mol. The molecule has 2 aromatic rings. The van der Waals surface area contributed by atoms with Crippen LogP contribution in [0.15, 0.2) is 53.5 Å². The number of anilines is 2. The molecule has 6 heteroatoms. The predicted octanol–water partition coefficient (Wildman–Crippen LogP) is 4.64. The zero-order valence-electron chi connectivity index (χ0n) is 14.3. The molecule has 134 valence electrons. The molecule has 2 N–H and O–H groups in total. The molecule has 0 atom stereocenters. The van der Waals surface area contributed by atoms with E-state index in [1.165, 1.54) is 23.9 Å².